The summed E-state index contributed by atoms with van der Waals surface area (Å²) in [6.45, 7) is 4.53. The Morgan fingerprint density at radius 1 is 0.490 bits per heavy atom. The lowest BCUT2D eigenvalue weighted by molar-refractivity contribution is 0.795. The van der Waals surface area contributed by atoms with Gasteiger partial charge in [-0.1, -0.05) is 140 Å². The lowest BCUT2D eigenvalue weighted by atomic mass is 9.33. The van der Waals surface area contributed by atoms with Crippen LogP contribution in [0.2, 0.25) is 0 Å². The molecule has 2 nitrogen and oxygen atoms in total. The van der Waals surface area contributed by atoms with Gasteiger partial charge in [0.15, 0.2) is 0 Å². The van der Waals surface area contributed by atoms with Gasteiger partial charge < -0.3 is 9.80 Å². The molecule has 0 saturated heterocycles. The fourth-order valence-electron chi connectivity index (χ4n) is 8.39. The highest BCUT2D eigenvalue weighted by Crippen LogP contribution is 2.45. The summed E-state index contributed by atoms with van der Waals surface area (Å²) in [5.74, 6) is 0.111. The summed E-state index contributed by atoms with van der Waals surface area (Å²) in [6, 6.07) is 63.4. The van der Waals surface area contributed by atoms with E-state index in [1.807, 2.05) is 0 Å². The van der Waals surface area contributed by atoms with Crippen LogP contribution in [-0.4, -0.2) is 6.71 Å². The second-order valence-electron chi connectivity index (χ2n) is 14.1. The van der Waals surface area contributed by atoms with Crippen molar-refractivity contribution in [2.24, 2.45) is 0 Å². The fourth-order valence-corrected chi connectivity index (χ4v) is 8.39. The van der Waals surface area contributed by atoms with Gasteiger partial charge in [0.25, 0.3) is 6.71 Å². The third kappa shape index (κ3) is 5.45. The molecule has 0 atom stereocenters. The van der Waals surface area contributed by atoms with Gasteiger partial charge in [0.05, 0.1) is 0 Å². The quantitative estimate of drug-likeness (QED) is 0.119. The van der Waals surface area contributed by atoms with Crippen LogP contribution in [0.5, 0.6) is 0 Å². The predicted octanol–water partition coefficient (Wildman–Crippen LogP) is 10.6. The molecule has 3 heteroatoms. The van der Waals surface area contributed by atoms with E-state index in [0.717, 1.165) is 6.42 Å². The van der Waals surface area contributed by atoms with Crippen molar-refractivity contribution >= 4 is 57.2 Å². The molecule has 0 saturated carbocycles. The third-order valence-corrected chi connectivity index (χ3v) is 10.8. The van der Waals surface area contributed by atoms with Crippen molar-refractivity contribution < 1.29 is 0 Å². The Morgan fingerprint density at radius 2 is 1.04 bits per heavy atom. The minimum Gasteiger partial charge on any atom is -0.311 e. The van der Waals surface area contributed by atoms with Crippen molar-refractivity contribution in [1.82, 2.24) is 0 Å². The van der Waals surface area contributed by atoms with E-state index < -0.39 is 0 Å². The van der Waals surface area contributed by atoms with Crippen LogP contribution in [0.4, 0.5) is 34.1 Å². The molecule has 2 aliphatic heterocycles. The number of anilines is 6. The van der Waals surface area contributed by atoms with Crippen molar-refractivity contribution in [3.05, 3.63) is 198 Å². The summed E-state index contributed by atoms with van der Waals surface area (Å²) in [6.07, 6.45) is 3.54. The van der Waals surface area contributed by atoms with Gasteiger partial charge in [-0.2, -0.15) is 0 Å². The molecule has 0 bridgehead atoms. The summed E-state index contributed by atoms with van der Waals surface area (Å²) >= 11 is 0. The molecule has 2 aliphatic rings. The molecule has 0 amide bonds. The summed E-state index contributed by atoms with van der Waals surface area (Å²) in [5, 5.41) is 0. The number of benzene rings is 7. The Hall–Kier alpha value is -5.80. The van der Waals surface area contributed by atoms with E-state index in [-0.39, 0.29) is 12.6 Å². The van der Waals surface area contributed by atoms with Gasteiger partial charge in [-0.3, -0.25) is 0 Å². The van der Waals surface area contributed by atoms with E-state index in [0.29, 0.717) is 0 Å². The minimum absolute atomic E-state index is 0.102. The first-order valence-electron chi connectivity index (χ1n) is 18.4. The highest BCUT2D eigenvalue weighted by Gasteiger charge is 2.43. The van der Waals surface area contributed by atoms with Gasteiger partial charge in [-0.05, 0) is 107 Å². The Balaban J connectivity index is 1.27. The average Bonchev–Trinajstić information content (AvgIpc) is 3.19. The third-order valence-electron chi connectivity index (χ3n) is 10.8. The Labute approximate surface area is 302 Å². The van der Waals surface area contributed by atoms with Gasteiger partial charge >= 0.3 is 0 Å². The topological polar surface area (TPSA) is 6.48 Å². The maximum Gasteiger partial charge on any atom is 0.252 e. The van der Waals surface area contributed by atoms with Crippen molar-refractivity contribution in [2.45, 2.75) is 39.0 Å². The molecule has 0 fully saturated rings. The molecular weight excluding hydrogens is 615 g/mol. The fraction of sp³-hybridized carbons (Fsp3) is 0.125. The SMILES string of the molecule is CCCCc1ccc(N2c3ccccc3B3c4ccc(C(c5ccccc5)c5ccccc5)cc4N(c4ccc(C)cc4)c4cccc2c43)cc1. The number of unbranched alkanes of at least 4 members (excludes halogenated alkanes) is 1. The first-order chi connectivity index (χ1) is 25.2. The summed E-state index contributed by atoms with van der Waals surface area (Å²) < 4.78 is 0. The Morgan fingerprint density at radius 3 is 1.69 bits per heavy atom. The average molecular weight is 657 g/mol. The number of para-hydroxylation sites is 1. The van der Waals surface area contributed by atoms with E-state index in [9.17, 15) is 0 Å². The number of aryl methyl sites for hydroxylation is 2. The second-order valence-corrected chi connectivity index (χ2v) is 14.1. The van der Waals surface area contributed by atoms with Crippen LogP contribution in [0.3, 0.4) is 0 Å². The number of rotatable bonds is 8. The lowest BCUT2D eigenvalue weighted by Gasteiger charge is -2.44. The first-order valence-corrected chi connectivity index (χ1v) is 18.4. The van der Waals surface area contributed by atoms with Crippen molar-refractivity contribution in [2.75, 3.05) is 9.80 Å². The number of hydrogen-bond acceptors (Lipinski definition) is 2. The van der Waals surface area contributed by atoms with Crippen LogP contribution >= 0.6 is 0 Å². The molecule has 7 aromatic carbocycles. The molecule has 0 N–H and O–H groups in total. The normalized spacial score (nSPS) is 12.8. The molecule has 7 aromatic rings. The van der Waals surface area contributed by atoms with Crippen LogP contribution in [-0.2, 0) is 6.42 Å². The zero-order chi connectivity index (χ0) is 34.3. The van der Waals surface area contributed by atoms with Gasteiger partial charge in [0.1, 0.15) is 0 Å². The smallest absolute Gasteiger partial charge is 0.252 e. The molecular formula is C48H41BN2. The number of nitrogens with zero attached hydrogens (tertiary/aromatic N) is 2. The molecule has 0 radical (unpaired) electrons. The molecule has 9 rings (SSSR count). The molecule has 0 aliphatic carbocycles. The van der Waals surface area contributed by atoms with Gasteiger partial charge in [0.2, 0.25) is 0 Å². The molecule has 2 heterocycles. The molecule has 246 valence electrons. The van der Waals surface area contributed by atoms with Crippen LogP contribution in [0.15, 0.2) is 170 Å². The van der Waals surface area contributed by atoms with Gasteiger partial charge in [0, 0.05) is 40.0 Å². The molecule has 0 spiro atoms. The summed E-state index contributed by atoms with van der Waals surface area (Å²) in [5.41, 5.74) is 17.9. The van der Waals surface area contributed by atoms with Crippen LogP contribution in [0.25, 0.3) is 0 Å². The van der Waals surface area contributed by atoms with Crippen LogP contribution in [0, 0.1) is 6.92 Å². The predicted molar refractivity (Wildman–Crippen MR) is 218 cm³/mol. The zero-order valence-corrected chi connectivity index (χ0v) is 29.3. The van der Waals surface area contributed by atoms with Crippen LogP contribution in [0.1, 0.15) is 53.5 Å². The highest BCUT2D eigenvalue weighted by atomic mass is 15.2. The largest absolute Gasteiger partial charge is 0.311 e. The van der Waals surface area contributed by atoms with E-state index in [1.165, 1.54) is 91.2 Å². The zero-order valence-electron chi connectivity index (χ0n) is 29.3. The molecule has 51 heavy (non-hydrogen) atoms. The minimum atomic E-state index is 0.102. The summed E-state index contributed by atoms with van der Waals surface area (Å²) in [4.78, 5) is 5.00. The standard InChI is InChI=1S/C48H41BN2/c1-3-4-14-35-25-30-40(31-26-35)50-43-20-12-11-19-41(43)49-42-32-27-38(47(36-15-7-5-8-16-36)37-17-9-6-10-18-37)33-46(42)51(39-28-23-34(2)24-29-39)45-22-13-21-44(50)48(45)49/h5-13,15-33,47H,3-4,14H2,1-2H3. The second kappa shape index (κ2) is 13.2. The summed E-state index contributed by atoms with van der Waals surface area (Å²) in [7, 11) is 0. The van der Waals surface area contributed by atoms with Crippen molar-refractivity contribution in [3.8, 4) is 0 Å². The Kier molecular flexibility index (Phi) is 8.05. The molecule has 0 aromatic heterocycles. The number of fused-ring (bicyclic) bond motifs is 4. The Bertz CT molecular complexity index is 2270. The van der Waals surface area contributed by atoms with E-state index in [2.05, 4.69) is 194 Å². The van der Waals surface area contributed by atoms with Crippen LogP contribution < -0.4 is 26.2 Å². The molecule has 0 unspecified atom stereocenters. The first kappa shape index (κ1) is 31.2. The maximum atomic E-state index is 2.51. The van der Waals surface area contributed by atoms with Gasteiger partial charge in [-0.15, -0.1) is 0 Å². The maximum absolute atomic E-state index is 2.51. The monoisotopic (exact) mass is 656 g/mol. The highest BCUT2D eigenvalue weighted by molar-refractivity contribution is 7.00. The number of hydrogen-bond donors (Lipinski definition) is 0. The van der Waals surface area contributed by atoms with E-state index >= 15 is 0 Å². The van der Waals surface area contributed by atoms with Gasteiger partial charge in [-0.25, -0.2) is 0 Å². The van der Waals surface area contributed by atoms with Crippen molar-refractivity contribution in [1.29, 1.82) is 0 Å². The van der Waals surface area contributed by atoms with Crippen molar-refractivity contribution in [3.63, 3.8) is 0 Å². The van der Waals surface area contributed by atoms with E-state index in [4.69, 9.17) is 0 Å². The van der Waals surface area contributed by atoms with E-state index in [1.54, 1.807) is 0 Å². The lowest BCUT2D eigenvalue weighted by Crippen LogP contribution is -2.61.